The molecular formula is C51H50N2S. The van der Waals surface area contributed by atoms with Crippen LogP contribution < -0.4 is 9.80 Å². The highest BCUT2D eigenvalue weighted by Crippen LogP contribution is 2.84. The normalized spacial score (nSPS) is 21.9. The van der Waals surface area contributed by atoms with Gasteiger partial charge in [-0.1, -0.05) is 108 Å². The van der Waals surface area contributed by atoms with E-state index >= 15 is 0 Å². The van der Waals surface area contributed by atoms with Gasteiger partial charge in [0.2, 0.25) is 0 Å². The number of aryl methyl sites for hydroxylation is 1. The zero-order chi connectivity index (χ0) is 36.4. The molecule has 270 valence electrons. The molecule has 3 atom stereocenters. The second-order valence-electron chi connectivity index (χ2n) is 16.0. The quantitative estimate of drug-likeness (QED) is 0.172. The molecule has 0 bridgehead atoms. The van der Waals surface area contributed by atoms with E-state index in [4.69, 9.17) is 0 Å². The van der Waals surface area contributed by atoms with Crippen LogP contribution in [0.5, 0.6) is 0 Å². The molecule has 0 amide bonds. The van der Waals surface area contributed by atoms with E-state index in [1.165, 1.54) is 97.2 Å². The Hall–Kier alpha value is -4.99. The standard InChI is InChI=1S/C51H50N2S/c1-35-33-44-42(24-14-28-48(44)52-32-16-19-38-17-10-12-26-46(38)52)50(35)54(40-20-6-4-7-21-40,41-22-8-5-9-23-41)51-36(2)34-45-43(51)25-15-29-49(45)53-37(3)30-31-39-18-11-13-27-47(39)53/h4-9,11-15,18,20-29,33-34,37,50-51H,10,16-17,19,30-32H2,1-3H3/t37?,50-,51?/m0/s1. The molecule has 54 heavy (non-hydrogen) atoms. The van der Waals surface area contributed by atoms with Crippen LogP contribution in [0.1, 0.15) is 91.2 Å². The SMILES string of the molecule is CC1=Cc2c(cccc2N2c3ccccc3CCC2C)C1S(c1ccccc1)(c1ccccc1)[C@H]1C(C)=Cc2c1cccc2N1CCCC2=C1C=CCC2. The van der Waals surface area contributed by atoms with Gasteiger partial charge in [0.05, 0.1) is 0 Å². The van der Waals surface area contributed by atoms with E-state index in [1.54, 1.807) is 5.57 Å². The van der Waals surface area contributed by atoms with Crippen molar-refractivity contribution in [1.29, 1.82) is 0 Å². The fourth-order valence-electron chi connectivity index (χ4n) is 10.7. The summed E-state index contributed by atoms with van der Waals surface area (Å²) in [5.41, 5.74) is 17.3. The Bertz CT molecular complexity index is 2340. The Morgan fingerprint density at radius 3 is 1.87 bits per heavy atom. The van der Waals surface area contributed by atoms with Gasteiger partial charge >= 0.3 is 0 Å². The topological polar surface area (TPSA) is 6.48 Å². The minimum Gasteiger partial charge on any atom is -0.341 e. The Balaban J connectivity index is 1.21. The minimum atomic E-state index is -1.83. The van der Waals surface area contributed by atoms with Crippen LogP contribution in [0.15, 0.2) is 166 Å². The molecule has 3 aliphatic carbocycles. The average molecular weight is 723 g/mol. The van der Waals surface area contributed by atoms with Crippen LogP contribution in [-0.4, -0.2) is 12.6 Å². The number of anilines is 3. The highest BCUT2D eigenvalue weighted by atomic mass is 32.3. The first-order chi connectivity index (χ1) is 26.6. The van der Waals surface area contributed by atoms with Crippen molar-refractivity contribution in [2.75, 3.05) is 16.3 Å². The zero-order valence-electron chi connectivity index (χ0n) is 31.8. The second-order valence-corrected chi connectivity index (χ2v) is 19.3. The van der Waals surface area contributed by atoms with Gasteiger partial charge in [0.1, 0.15) is 0 Å². The summed E-state index contributed by atoms with van der Waals surface area (Å²) in [6.07, 6.45) is 17.0. The van der Waals surface area contributed by atoms with Gasteiger partial charge < -0.3 is 9.80 Å². The molecular weight excluding hydrogens is 673 g/mol. The molecule has 5 aromatic carbocycles. The highest BCUT2D eigenvalue weighted by molar-refractivity contribution is 8.34. The fourth-order valence-corrected chi connectivity index (χ4v) is 16.0. The van der Waals surface area contributed by atoms with E-state index in [9.17, 15) is 0 Å². The molecule has 2 heterocycles. The number of rotatable bonds is 6. The molecule has 2 aliphatic heterocycles. The summed E-state index contributed by atoms with van der Waals surface area (Å²) in [5.74, 6) is 0. The Labute approximate surface area is 323 Å². The molecule has 2 unspecified atom stereocenters. The summed E-state index contributed by atoms with van der Waals surface area (Å²) in [4.78, 5) is 8.22. The van der Waals surface area contributed by atoms with Crippen LogP contribution in [0.25, 0.3) is 12.2 Å². The number of allylic oxidation sites excluding steroid dienone is 3. The molecule has 10 rings (SSSR count). The van der Waals surface area contributed by atoms with Gasteiger partial charge in [-0.05, 0) is 140 Å². The lowest BCUT2D eigenvalue weighted by molar-refractivity contribution is 0.618. The number of hydrogen-bond acceptors (Lipinski definition) is 2. The predicted octanol–water partition coefficient (Wildman–Crippen LogP) is 13.9. The van der Waals surface area contributed by atoms with E-state index in [0.717, 1.165) is 19.4 Å². The maximum atomic E-state index is 2.65. The molecule has 3 heteroatoms. The molecule has 0 N–H and O–H groups in total. The first-order valence-corrected chi connectivity index (χ1v) is 21.9. The smallest absolute Gasteiger partial charge is 0.0490 e. The average Bonchev–Trinajstić information content (AvgIpc) is 3.75. The maximum Gasteiger partial charge on any atom is 0.0490 e. The van der Waals surface area contributed by atoms with Crippen molar-refractivity contribution < 1.29 is 0 Å². The third-order valence-corrected chi connectivity index (χ3v) is 17.7. The summed E-state index contributed by atoms with van der Waals surface area (Å²) < 4.78 is 0. The van der Waals surface area contributed by atoms with Crippen molar-refractivity contribution in [3.63, 3.8) is 0 Å². The molecule has 0 aromatic heterocycles. The lowest BCUT2D eigenvalue weighted by Gasteiger charge is -2.52. The van der Waals surface area contributed by atoms with E-state index in [2.05, 4.69) is 176 Å². The summed E-state index contributed by atoms with van der Waals surface area (Å²) in [6.45, 7) is 8.35. The largest absolute Gasteiger partial charge is 0.341 e. The fraction of sp³-hybridized carbons (Fsp3) is 0.255. The van der Waals surface area contributed by atoms with Crippen molar-refractivity contribution >= 4 is 39.2 Å². The third kappa shape index (κ3) is 5.08. The monoisotopic (exact) mass is 722 g/mol. The van der Waals surface area contributed by atoms with Crippen LogP contribution in [0.2, 0.25) is 0 Å². The molecule has 0 radical (unpaired) electrons. The first-order valence-electron chi connectivity index (χ1n) is 20.1. The van der Waals surface area contributed by atoms with Crippen molar-refractivity contribution in [2.45, 2.75) is 85.6 Å². The van der Waals surface area contributed by atoms with Gasteiger partial charge in [-0.25, -0.2) is 0 Å². The van der Waals surface area contributed by atoms with Gasteiger partial charge in [-0.3, -0.25) is 0 Å². The number of benzene rings is 5. The third-order valence-electron chi connectivity index (χ3n) is 12.9. The van der Waals surface area contributed by atoms with Crippen LogP contribution in [0.3, 0.4) is 0 Å². The van der Waals surface area contributed by atoms with Crippen molar-refractivity contribution in [1.82, 2.24) is 0 Å². The van der Waals surface area contributed by atoms with Gasteiger partial charge in [0.15, 0.2) is 0 Å². The number of nitrogens with zero attached hydrogens (tertiary/aromatic N) is 2. The van der Waals surface area contributed by atoms with Crippen LogP contribution in [-0.2, 0) is 6.42 Å². The molecule has 0 fully saturated rings. The van der Waals surface area contributed by atoms with E-state index in [-0.39, 0.29) is 10.5 Å². The van der Waals surface area contributed by atoms with E-state index in [0.29, 0.717) is 6.04 Å². The predicted molar refractivity (Wildman–Crippen MR) is 231 cm³/mol. The van der Waals surface area contributed by atoms with Gasteiger partial charge in [0.25, 0.3) is 0 Å². The Kier molecular flexibility index (Phi) is 8.32. The number of para-hydroxylation sites is 1. The van der Waals surface area contributed by atoms with Crippen molar-refractivity contribution in [2.24, 2.45) is 0 Å². The first kappa shape index (κ1) is 33.6. The molecule has 0 saturated carbocycles. The summed E-state index contributed by atoms with van der Waals surface area (Å²) >= 11 is 0. The lowest BCUT2D eigenvalue weighted by Crippen LogP contribution is -2.33. The highest BCUT2D eigenvalue weighted by Gasteiger charge is 2.50. The van der Waals surface area contributed by atoms with E-state index in [1.807, 2.05) is 0 Å². The lowest BCUT2D eigenvalue weighted by atomic mass is 9.92. The van der Waals surface area contributed by atoms with Crippen molar-refractivity contribution in [3.8, 4) is 0 Å². The van der Waals surface area contributed by atoms with E-state index < -0.39 is 10.0 Å². The summed E-state index contributed by atoms with van der Waals surface area (Å²) in [5, 5.41) is 0.427. The molecule has 0 spiro atoms. The maximum absolute atomic E-state index is 2.65. The van der Waals surface area contributed by atoms with Crippen LogP contribution >= 0.6 is 10.0 Å². The zero-order valence-corrected chi connectivity index (χ0v) is 32.7. The second kappa shape index (κ2) is 13.4. The summed E-state index contributed by atoms with van der Waals surface area (Å²) in [6, 6.07) is 47.2. The van der Waals surface area contributed by atoms with Gasteiger partial charge in [-0.15, -0.1) is 0 Å². The van der Waals surface area contributed by atoms with Crippen molar-refractivity contribution in [3.05, 3.63) is 184 Å². The number of hydrogen-bond donors (Lipinski definition) is 0. The molecule has 2 nitrogen and oxygen atoms in total. The van der Waals surface area contributed by atoms with Crippen LogP contribution in [0.4, 0.5) is 17.1 Å². The molecule has 5 aliphatic rings. The molecule has 5 aromatic rings. The Morgan fingerprint density at radius 2 is 1.19 bits per heavy atom. The summed E-state index contributed by atoms with van der Waals surface area (Å²) in [7, 11) is -1.83. The Morgan fingerprint density at radius 1 is 0.593 bits per heavy atom. The van der Waals surface area contributed by atoms with Crippen LogP contribution in [0, 0.1) is 0 Å². The van der Waals surface area contributed by atoms with Gasteiger partial charge in [0, 0.05) is 57.0 Å². The minimum absolute atomic E-state index is 0.209. The number of fused-ring (bicyclic) bond motifs is 3. The van der Waals surface area contributed by atoms with Gasteiger partial charge in [-0.2, -0.15) is 10.0 Å². The molecule has 0 saturated heterocycles.